The van der Waals surface area contributed by atoms with Gasteiger partial charge in [0.25, 0.3) is 6.71 Å². The van der Waals surface area contributed by atoms with Crippen molar-refractivity contribution in [3.63, 3.8) is 0 Å². The minimum atomic E-state index is -0.112. The molecule has 0 fully saturated rings. The number of rotatable bonds is 1. The predicted octanol–water partition coefficient (Wildman–Crippen LogP) is 12.2. The fourth-order valence-electron chi connectivity index (χ4n) is 11.3. The van der Waals surface area contributed by atoms with Gasteiger partial charge in [-0.15, -0.1) is 11.3 Å². The molecule has 3 nitrogen and oxygen atoms in total. The average Bonchev–Trinajstić information content (AvgIpc) is 3.82. The summed E-state index contributed by atoms with van der Waals surface area (Å²) in [5.41, 5.74) is 22.9. The van der Waals surface area contributed by atoms with Gasteiger partial charge in [-0.05, 0) is 102 Å². The summed E-state index contributed by atoms with van der Waals surface area (Å²) in [5.74, 6) is 0. The average molecular weight is 819 g/mol. The van der Waals surface area contributed by atoms with Gasteiger partial charge in [-0.2, -0.15) is 0 Å². The highest BCUT2D eigenvalue weighted by Crippen LogP contribution is 2.54. The van der Waals surface area contributed by atoms with E-state index in [1.165, 1.54) is 104 Å². The maximum atomic E-state index is 7.34. The smallest absolute Gasteiger partial charge is 0.329 e. The number of nitrogens with zero attached hydrogens (tertiary/aromatic N) is 2. The van der Waals surface area contributed by atoms with Crippen LogP contribution in [0.25, 0.3) is 53.4 Å². The summed E-state index contributed by atoms with van der Waals surface area (Å²) in [6.07, 6.45) is 0. The van der Waals surface area contributed by atoms with E-state index in [-0.39, 0.29) is 29.8 Å². The molecule has 0 unspecified atom stereocenters. The Morgan fingerprint density at radius 1 is 0.484 bits per heavy atom. The number of para-hydroxylation sites is 1. The van der Waals surface area contributed by atoms with Crippen LogP contribution < -0.4 is 37.2 Å². The van der Waals surface area contributed by atoms with Crippen LogP contribution >= 0.6 is 11.3 Å². The summed E-state index contributed by atoms with van der Waals surface area (Å²) in [4.78, 5) is 5.37. The lowest BCUT2D eigenvalue weighted by molar-refractivity contribution is 0.590. The number of anilines is 5. The van der Waals surface area contributed by atoms with Crippen LogP contribution in [0.15, 0.2) is 132 Å². The fraction of sp³-hybridized carbons (Fsp3) is 0.214. The van der Waals surface area contributed by atoms with Gasteiger partial charge in [0.1, 0.15) is 5.58 Å². The Morgan fingerprint density at radius 2 is 1.10 bits per heavy atom. The predicted molar refractivity (Wildman–Crippen MR) is 269 cm³/mol. The first-order chi connectivity index (χ1) is 29.7. The largest absolute Gasteiger partial charge is 0.468 e. The molecule has 62 heavy (non-hydrogen) atoms. The number of fused-ring (bicyclic) bond motifs is 14. The van der Waals surface area contributed by atoms with E-state index in [0.29, 0.717) is 0 Å². The molecule has 0 spiro atoms. The van der Waals surface area contributed by atoms with Gasteiger partial charge in [-0.1, -0.05) is 153 Å². The van der Waals surface area contributed by atoms with E-state index in [2.05, 4.69) is 199 Å². The highest BCUT2D eigenvalue weighted by molar-refractivity contribution is 7.26. The molecule has 13 rings (SSSR count). The standard InChI is InChI=1S/C56H48B2N2OS/c1-54(2,3)31-21-23-34-37-25-26-44-48-50(37)60-49-40(35-24-22-32(55(4,5)6)29-42(35)58(60)41(34)28-31)27-33(56(7,8)9)30-43(49)57(48)53-51(39-16-10-12-19-46(39)61-53)59(44)45-18-14-17-38-36-15-11-13-20-47(36)62-52(38)45/h10-30H,1-9H3. The summed E-state index contributed by atoms with van der Waals surface area (Å²) >= 11 is 1.89. The zero-order chi connectivity index (χ0) is 42.4. The third-order valence-electron chi connectivity index (χ3n) is 14.5. The number of hydrogen-bond donors (Lipinski definition) is 0. The Bertz CT molecular complexity index is 3460. The van der Waals surface area contributed by atoms with Crippen LogP contribution in [0.3, 0.4) is 0 Å². The lowest BCUT2D eigenvalue weighted by atomic mass is 9.31. The highest BCUT2D eigenvalue weighted by atomic mass is 32.1. The normalized spacial score (nSPS) is 14.7. The van der Waals surface area contributed by atoms with Crippen molar-refractivity contribution in [3.8, 4) is 22.3 Å². The molecule has 0 aliphatic carbocycles. The van der Waals surface area contributed by atoms with E-state index in [1.54, 1.807) is 0 Å². The molecule has 0 N–H and O–H groups in total. The number of thiophene rings is 1. The van der Waals surface area contributed by atoms with E-state index in [9.17, 15) is 0 Å². The highest BCUT2D eigenvalue weighted by Gasteiger charge is 2.54. The topological polar surface area (TPSA) is 19.6 Å². The minimum Gasteiger partial charge on any atom is -0.468 e. The van der Waals surface area contributed by atoms with Crippen LogP contribution in [-0.4, -0.2) is 13.6 Å². The Morgan fingerprint density at radius 3 is 1.81 bits per heavy atom. The second-order valence-electron chi connectivity index (χ2n) is 21.3. The van der Waals surface area contributed by atoms with Crippen molar-refractivity contribution in [2.45, 2.75) is 78.6 Å². The van der Waals surface area contributed by atoms with Crippen molar-refractivity contribution in [2.24, 2.45) is 0 Å². The van der Waals surface area contributed by atoms with Crippen molar-refractivity contribution < 1.29 is 4.42 Å². The van der Waals surface area contributed by atoms with Gasteiger partial charge < -0.3 is 14.1 Å². The SMILES string of the molecule is CC(C)(C)c1ccc2c(c1)B1c3cc(C(C)(C)C)ccc3-c3ccc4c5c3N1c1c(cc(C(C)(C)C)cc1-2)B5c1oc2ccccc2c1N4c1cccc2c1sc1ccccc12. The van der Waals surface area contributed by atoms with E-state index in [0.717, 1.165) is 22.3 Å². The minimum absolute atomic E-state index is 0.000601. The molecule has 4 aliphatic rings. The molecular formula is C56H48B2N2OS. The van der Waals surface area contributed by atoms with Gasteiger partial charge in [-0.25, -0.2) is 0 Å². The van der Waals surface area contributed by atoms with Crippen molar-refractivity contribution >= 4 is 112 Å². The van der Waals surface area contributed by atoms with Crippen LogP contribution in [0.2, 0.25) is 0 Å². The first-order valence-corrected chi connectivity index (χ1v) is 23.1. The lowest BCUT2D eigenvalue weighted by Crippen LogP contribution is -2.69. The molecule has 0 radical (unpaired) electrons. The maximum absolute atomic E-state index is 7.34. The molecule has 0 atom stereocenters. The Balaban J connectivity index is 1.21. The summed E-state index contributed by atoms with van der Waals surface area (Å²) in [5, 5.41) is 3.74. The second-order valence-corrected chi connectivity index (χ2v) is 22.4. The lowest BCUT2D eigenvalue weighted by Gasteiger charge is -2.51. The zero-order valence-electron chi connectivity index (χ0n) is 37.0. The number of furan rings is 1. The molecule has 0 bridgehead atoms. The first kappa shape index (κ1) is 36.7. The van der Waals surface area contributed by atoms with Gasteiger partial charge in [0.15, 0.2) is 0 Å². The van der Waals surface area contributed by atoms with Gasteiger partial charge in [0.2, 0.25) is 0 Å². The molecule has 9 aromatic rings. The Kier molecular flexibility index (Phi) is 7.06. The molecule has 6 heteroatoms. The summed E-state index contributed by atoms with van der Waals surface area (Å²) in [7, 11) is 0. The van der Waals surface area contributed by atoms with Crippen molar-refractivity contribution in [1.82, 2.24) is 0 Å². The summed E-state index contributed by atoms with van der Waals surface area (Å²) in [6.45, 7) is 21.1. The number of benzene rings is 7. The third kappa shape index (κ3) is 4.74. The molecule has 0 saturated heterocycles. The van der Waals surface area contributed by atoms with Crippen LogP contribution in [0.4, 0.5) is 28.4 Å². The summed E-state index contributed by atoms with van der Waals surface area (Å²) in [6, 6.07) is 49.2. The zero-order valence-corrected chi connectivity index (χ0v) is 37.8. The molecule has 0 saturated carbocycles. The van der Waals surface area contributed by atoms with Crippen molar-refractivity contribution in [2.75, 3.05) is 9.71 Å². The van der Waals surface area contributed by atoms with E-state index in [1.807, 2.05) is 11.3 Å². The van der Waals surface area contributed by atoms with Gasteiger partial charge in [-0.3, -0.25) is 0 Å². The van der Waals surface area contributed by atoms with Crippen LogP contribution in [0, 0.1) is 0 Å². The van der Waals surface area contributed by atoms with E-state index >= 15 is 0 Å². The first-order valence-electron chi connectivity index (χ1n) is 22.3. The fourth-order valence-corrected chi connectivity index (χ4v) is 12.5. The van der Waals surface area contributed by atoms with E-state index in [4.69, 9.17) is 4.42 Å². The van der Waals surface area contributed by atoms with Crippen LogP contribution in [-0.2, 0) is 16.2 Å². The van der Waals surface area contributed by atoms with Crippen molar-refractivity contribution in [3.05, 3.63) is 144 Å². The van der Waals surface area contributed by atoms with Gasteiger partial charge in [0.05, 0.1) is 21.7 Å². The quantitative estimate of drug-likeness (QED) is 0.154. The Labute approximate surface area is 369 Å². The summed E-state index contributed by atoms with van der Waals surface area (Å²) < 4.78 is 9.94. The second kappa shape index (κ2) is 11.9. The monoisotopic (exact) mass is 818 g/mol. The maximum Gasteiger partial charge on any atom is 0.329 e. The molecule has 7 aromatic carbocycles. The molecule has 2 aromatic heterocycles. The third-order valence-corrected chi connectivity index (χ3v) is 15.7. The van der Waals surface area contributed by atoms with Gasteiger partial charge in [0, 0.05) is 49.0 Å². The molecular weight excluding hydrogens is 770 g/mol. The number of hydrogen-bond acceptors (Lipinski definition) is 4. The van der Waals surface area contributed by atoms with E-state index < -0.39 is 0 Å². The molecule has 300 valence electrons. The molecule has 6 heterocycles. The van der Waals surface area contributed by atoms with Crippen LogP contribution in [0.1, 0.15) is 79.0 Å². The van der Waals surface area contributed by atoms with Crippen molar-refractivity contribution in [1.29, 1.82) is 0 Å². The molecule has 4 aliphatic heterocycles. The van der Waals surface area contributed by atoms with Gasteiger partial charge >= 0.3 is 6.85 Å². The van der Waals surface area contributed by atoms with Crippen LogP contribution in [0.5, 0.6) is 0 Å². The molecule has 0 amide bonds. The Hall–Kier alpha value is -5.97.